The number of carbonyl (C=O) groups is 1. The van der Waals surface area contributed by atoms with Gasteiger partial charge in [0.05, 0.1) is 11.8 Å². The Kier molecular flexibility index (Phi) is 7.09. The van der Waals surface area contributed by atoms with Gasteiger partial charge in [0.1, 0.15) is 0 Å². The van der Waals surface area contributed by atoms with Crippen molar-refractivity contribution in [2.45, 2.75) is 58.5 Å². The van der Waals surface area contributed by atoms with Crippen molar-refractivity contribution in [3.63, 3.8) is 0 Å². The highest BCUT2D eigenvalue weighted by Crippen LogP contribution is 2.15. The minimum absolute atomic E-state index is 0.0146. The molecule has 1 fully saturated rings. The van der Waals surface area contributed by atoms with Crippen molar-refractivity contribution in [1.29, 1.82) is 0 Å². The van der Waals surface area contributed by atoms with Gasteiger partial charge in [0.25, 0.3) is 0 Å². The number of carbonyl (C=O) groups excluding carboxylic acids is 1. The standard InChI is InChI=1S/C14H29N3O3S/c1-4-10-21(19,20)16-12-6-8-17(9-7-12)14(18)13(15)11(3)5-2/h11-13,16H,4-10,15H2,1-3H3. The lowest BCUT2D eigenvalue weighted by molar-refractivity contribution is -0.134. The van der Waals surface area contributed by atoms with Crippen molar-refractivity contribution in [2.24, 2.45) is 11.7 Å². The number of nitrogens with zero attached hydrogens (tertiary/aromatic N) is 1. The van der Waals surface area contributed by atoms with Gasteiger partial charge in [-0.05, 0) is 25.2 Å². The van der Waals surface area contributed by atoms with Crippen LogP contribution in [0.15, 0.2) is 0 Å². The molecule has 3 N–H and O–H groups in total. The predicted octanol–water partition coefficient (Wildman–Crippen LogP) is 0.680. The lowest BCUT2D eigenvalue weighted by Crippen LogP contribution is -2.52. The van der Waals surface area contributed by atoms with Crippen molar-refractivity contribution in [3.8, 4) is 0 Å². The molecule has 124 valence electrons. The fraction of sp³-hybridized carbons (Fsp3) is 0.929. The van der Waals surface area contributed by atoms with E-state index in [-0.39, 0.29) is 23.6 Å². The summed E-state index contributed by atoms with van der Waals surface area (Å²) in [4.78, 5) is 14.0. The number of nitrogens with one attached hydrogen (secondary N) is 1. The van der Waals surface area contributed by atoms with E-state index in [9.17, 15) is 13.2 Å². The molecular weight excluding hydrogens is 290 g/mol. The summed E-state index contributed by atoms with van der Waals surface area (Å²) in [5, 5.41) is 0. The number of hydrogen-bond donors (Lipinski definition) is 2. The van der Waals surface area contributed by atoms with Gasteiger partial charge in [-0.1, -0.05) is 27.2 Å². The van der Waals surface area contributed by atoms with Gasteiger partial charge < -0.3 is 10.6 Å². The lowest BCUT2D eigenvalue weighted by atomic mass is 9.97. The van der Waals surface area contributed by atoms with Crippen molar-refractivity contribution < 1.29 is 13.2 Å². The highest BCUT2D eigenvalue weighted by atomic mass is 32.2. The molecule has 1 heterocycles. The van der Waals surface area contributed by atoms with Gasteiger partial charge >= 0.3 is 0 Å². The number of likely N-dealkylation sites (tertiary alicyclic amines) is 1. The van der Waals surface area contributed by atoms with E-state index in [1.165, 1.54) is 0 Å². The van der Waals surface area contributed by atoms with Crippen LogP contribution in [-0.2, 0) is 14.8 Å². The van der Waals surface area contributed by atoms with Crippen LogP contribution in [0.1, 0.15) is 46.5 Å². The Labute approximate surface area is 128 Å². The van der Waals surface area contributed by atoms with Gasteiger partial charge in [-0.2, -0.15) is 0 Å². The van der Waals surface area contributed by atoms with Crippen LogP contribution in [0.4, 0.5) is 0 Å². The summed E-state index contributed by atoms with van der Waals surface area (Å²) in [6, 6.07) is -0.520. The van der Waals surface area contributed by atoms with Crippen LogP contribution >= 0.6 is 0 Å². The van der Waals surface area contributed by atoms with Crippen molar-refractivity contribution >= 4 is 15.9 Å². The first-order valence-electron chi connectivity index (χ1n) is 7.85. The number of hydrogen-bond acceptors (Lipinski definition) is 4. The van der Waals surface area contributed by atoms with Gasteiger partial charge in [0, 0.05) is 19.1 Å². The van der Waals surface area contributed by atoms with Crippen LogP contribution in [-0.4, -0.2) is 50.2 Å². The van der Waals surface area contributed by atoms with Crippen molar-refractivity contribution in [2.75, 3.05) is 18.8 Å². The average Bonchev–Trinajstić information content (AvgIpc) is 2.45. The molecular formula is C14H29N3O3S. The summed E-state index contributed by atoms with van der Waals surface area (Å²) in [7, 11) is -3.18. The third kappa shape index (κ3) is 5.56. The molecule has 1 aliphatic heterocycles. The largest absolute Gasteiger partial charge is 0.341 e. The molecule has 1 aliphatic rings. The molecule has 0 saturated carbocycles. The van der Waals surface area contributed by atoms with Crippen LogP contribution in [0.5, 0.6) is 0 Å². The third-order valence-corrected chi connectivity index (χ3v) is 5.81. The smallest absolute Gasteiger partial charge is 0.239 e. The maximum absolute atomic E-state index is 12.3. The number of amides is 1. The molecule has 0 radical (unpaired) electrons. The first kappa shape index (κ1) is 18.4. The molecule has 0 aromatic carbocycles. The number of nitrogens with two attached hydrogens (primary N) is 1. The second-order valence-electron chi connectivity index (χ2n) is 5.95. The van der Waals surface area contributed by atoms with E-state index < -0.39 is 16.1 Å². The zero-order chi connectivity index (χ0) is 16.0. The summed E-state index contributed by atoms with van der Waals surface area (Å²) >= 11 is 0. The molecule has 2 atom stereocenters. The normalized spacial score (nSPS) is 20.3. The highest BCUT2D eigenvalue weighted by Gasteiger charge is 2.29. The fourth-order valence-electron chi connectivity index (χ4n) is 2.51. The molecule has 0 spiro atoms. The molecule has 0 aliphatic carbocycles. The Morgan fingerprint density at radius 2 is 1.90 bits per heavy atom. The van der Waals surface area contributed by atoms with E-state index in [4.69, 9.17) is 5.73 Å². The van der Waals surface area contributed by atoms with Crippen LogP contribution in [0.25, 0.3) is 0 Å². The molecule has 1 amide bonds. The summed E-state index contributed by atoms with van der Waals surface area (Å²) < 4.78 is 26.2. The molecule has 0 bridgehead atoms. The third-order valence-electron chi connectivity index (χ3n) is 4.17. The first-order valence-corrected chi connectivity index (χ1v) is 9.50. The van der Waals surface area contributed by atoms with Crippen molar-refractivity contribution in [3.05, 3.63) is 0 Å². The number of piperidine rings is 1. The first-order chi connectivity index (χ1) is 9.80. The molecule has 1 saturated heterocycles. The minimum atomic E-state index is -3.18. The topological polar surface area (TPSA) is 92.5 Å². The maximum Gasteiger partial charge on any atom is 0.239 e. The van der Waals surface area contributed by atoms with Crippen LogP contribution in [0.2, 0.25) is 0 Å². The van der Waals surface area contributed by atoms with E-state index in [0.29, 0.717) is 32.4 Å². The second kappa shape index (κ2) is 8.10. The molecule has 0 aromatic rings. The Balaban J connectivity index is 2.47. The quantitative estimate of drug-likeness (QED) is 0.722. The van der Waals surface area contributed by atoms with Crippen molar-refractivity contribution in [1.82, 2.24) is 9.62 Å². The molecule has 6 nitrogen and oxygen atoms in total. The molecule has 21 heavy (non-hydrogen) atoms. The fourth-order valence-corrected chi connectivity index (χ4v) is 3.91. The Morgan fingerprint density at radius 1 is 1.33 bits per heavy atom. The number of rotatable bonds is 7. The van der Waals surface area contributed by atoms with Crippen LogP contribution in [0, 0.1) is 5.92 Å². The van der Waals surface area contributed by atoms with E-state index in [1.54, 1.807) is 4.90 Å². The zero-order valence-electron chi connectivity index (χ0n) is 13.3. The summed E-state index contributed by atoms with van der Waals surface area (Å²) in [5.41, 5.74) is 5.98. The number of sulfonamides is 1. The van der Waals surface area contributed by atoms with Crippen LogP contribution < -0.4 is 10.5 Å². The van der Waals surface area contributed by atoms with E-state index in [1.807, 2.05) is 20.8 Å². The van der Waals surface area contributed by atoms with E-state index in [0.717, 1.165) is 6.42 Å². The summed E-state index contributed by atoms with van der Waals surface area (Å²) in [6.07, 6.45) is 2.79. The van der Waals surface area contributed by atoms with Gasteiger partial charge in [0.2, 0.25) is 15.9 Å². The Bertz CT molecular complexity index is 431. The molecule has 7 heteroatoms. The minimum Gasteiger partial charge on any atom is -0.341 e. The zero-order valence-corrected chi connectivity index (χ0v) is 14.2. The van der Waals surface area contributed by atoms with Gasteiger partial charge in [-0.15, -0.1) is 0 Å². The van der Waals surface area contributed by atoms with Gasteiger partial charge in [-0.3, -0.25) is 4.79 Å². The maximum atomic E-state index is 12.3. The monoisotopic (exact) mass is 319 g/mol. The Hall–Kier alpha value is -0.660. The Morgan fingerprint density at radius 3 is 2.38 bits per heavy atom. The summed E-state index contributed by atoms with van der Waals surface area (Å²) in [6.45, 7) is 6.99. The van der Waals surface area contributed by atoms with E-state index in [2.05, 4.69) is 4.72 Å². The average molecular weight is 319 g/mol. The van der Waals surface area contributed by atoms with E-state index >= 15 is 0 Å². The van der Waals surface area contributed by atoms with Gasteiger partial charge in [-0.25, -0.2) is 13.1 Å². The molecule has 0 aromatic heterocycles. The van der Waals surface area contributed by atoms with Crippen LogP contribution in [0.3, 0.4) is 0 Å². The highest BCUT2D eigenvalue weighted by molar-refractivity contribution is 7.89. The lowest BCUT2D eigenvalue weighted by Gasteiger charge is -2.34. The van der Waals surface area contributed by atoms with Gasteiger partial charge in [0.15, 0.2) is 0 Å². The second-order valence-corrected chi connectivity index (χ2v) is 7.82. The molecule has 2 unspecified atom stereocenters. The SMILES string of the molecule is CCCS(=O)(=O)NC1CCN(C(=O)C(N)C(C)CC)CC1. The predicted molar refractivity (Wildman–Crippen MR) is 84.2 cm³/mol. The molecule has 1 rings (SSSR count). The summed E-state index contributed by atoms with van der Waals surface area (Å²) in [5.74, 6) is 0.308.